The van der Waals surface area contributed by atoms with Crippen molar-refractivity contribution in [2.75, 3.05) is 30.7 Å². The number of sulfonamides is 1. The zero-order valence-electron chi connectivity index (χ0n) is 15.3. The van der Waals surface area contributed by atoms with Gasteiger partial charge < -0.3 is 9.64 Å². The van der Waals surface area contributed by atoms with Crippen LogP contribution in [0, 0.1) is 0 Å². The van der Waals surface area contributed by atoms with Crippen LogP contribution in [-0.4, -0.2) is 61.7 Å². The minimum atomic E-state index is -3.32. The Labute approximate surface area is 158 Å². The Hall–Kier alpha value is -2.68. The lowest BCUT2D eigenvalue weighted by molar-refractivity contribution is 0.0582. The predicted octanol–water partition coefficient (Wildman–Crippen LogP) is 1.56. The minimum absolute atomic E-state index is 0.0382. The number of pyridine rings is 2. The summed E-state index contributed by atoms with van der Waals surface area (Å²) >= 11 is 0. The van der Waals surface area contributed by atoms with Gasteiger partial charge in [-0.05, 0) is 18.2 Å². The van der Waals surface area contributed by atoms with Crippen LogP contribution in [0.25, 0.3) is 0 Å². The van der Waals surface area contributed by atoms with Crippen molar-refractivity contribution in [2.24, 2.45) is 0 Å². The van der Waals surface area contributed by atoms with Gasteiger partial charge in [0.15, 0.2) is 0 Å². The second kappa shape index (κ2) is 7.91. The Kier molecular flexibility index (Phi) is 5.59. The van der Waals surface area contributed by atoms with Crippen LogP contribution in [0.15, 0.2) is 42.7 Å². The van der Waals surface area contributed by atoms with Gasteiger partial charge in [0, 0.05) is 45.2 Å². The van der Waals surface area contributed by atoms with Crippen LogP contribution in [0.2, 0.25) is 0 Å². The largest absolute Gasteiger partial charge is 0.474 e. The van der Waals surface area contributed by atoms with Crippen molar-refractivity contribution >= 4 is 21.6 Å². The van der Waals surface area contributed by atoms with Crippen molar-refractivity contribution in [3.63, 3.8) is 0 Å². The highest BCUT2D eigenvalue weighted by Crippen LogP contribution is 2.21. The first-order valence-corrected chi connectivity index (χ1v) is 10.5. The molecule has 1 saturated heterocycles. The fourth-order valence-electron chi connectivity index (χ4n) is 2.82. The molecule has 2 aromatic heterocycles. The molecular formula is C18H22N4O4S. The van der Waals surface area contributed by atoms with E-state index in [4.69, 9.17) is 4.74 Å². The van der Waals surface area contributed by atoms with Crippen LogP contribution in [0.4, 0.5) is 5.69 Å². The third kappa shape index (κ3) is 4.73. The van der Waals surface area contributed by atoms with Gasteiger partial charge in [-0.3, -0.25) is 14.1 Å². The standard InChI is InChI=1S/C18H22N4O4S/c1-21(27(2,24)25)14-6-7-17(20-13-14)26-15-8-11-22(12-9-15)18(23)16-5-3-4-10-19-16/h3-7,10,13,15H,8-9,11-12H2,1-2H3. The average molecular weight is 390 g/mol. The van der Waals surface area contributed by atoms with Gasteiger partial charge in [0.25, 0.3) is 5.91 Å². The maximum absolute atomic E-state index is 12.4. The van der Waals surface area contributed by atoms with Crippen molar-refractivity contribution < 1.29 is 17.9 Å². The zero-order valence-corrected chi connectivity index (χ0v) is 16.1. The van der Waals surface area contributed by atoms with Gasteiger partial charge in [0.05, 0.1) is 18.1 Å². The third-order valence-corrected chi connectivity index (χ3v) is 5.69. The molecule has 0 unspecified atom stereocenters. The van der Waals surface area contributed by atoms with Crippen molar-refractivity contribution in [1.82, 2.24) is 14.9 Å². The molecule has 27 heavy (non-hydrogen) atoms. The highest BCUT2D eigenvalue weighted by atomic mass is 32.2. The molecule has 8 nitrogen and oxygen atoms in total. The molecule has 0 atom stereocenters. The first kappa shape index (κ1) is 19.1. The molecule has 0 radical (unpaired) electrons. The minimum Gasteiger partial charge on any atom is -0.474 e. The van der Waals surface area contributed by atoms with Gasteiger partial charge in [0.1, 0.15) is 11.8 Å². The quantitative estimate of drug-likeness (QED) is 0.769. The topological polar surface area (TPSA) is 92.7 Å². The molecule has 0 bridgehead atoms. The summed E-state index contributed by atoms with van der Waals surface area (Å²) in [5.74, 6) is 0.371. The number of ether oxygens (including phenoxy) is 1. The summed E-state index contributed by atoms with van der Waals surface area (Å²) < 4.78 is 30.1. The summed E-state index contributed by atoms with van der Waals surface area (Å²) in [6.07, 6.45) is 5.58. The first-order chi connectivity index (χ1) is 12.8. The van der Waals surface area contributed by atoms with E-state index < -0.39 is 10.0 Å². The number of carbonyl (C=O) groups excluding carboxylic acids is 1. The van der Waals surface area contributed by atoms with Gasteiger partial charge in [-0.15, -0.1) is 0 Å². The molecule has 0 N–H and O–H groups in total. The molecule has 3 heterocycles. The number of piperidine rings is 1. The average Bonchev–Trinajstić information content (AvgIpc) is 2.68. The fourth-order valence-corrected chi connectivity index (χ4v) is 3.31. The number of anilines is 1. The van der Waals surface area contributed by atoms with E-state index >= 15 is 0 Å². The Morgan fingerprint density at radius 2 is 1.93 bits per heavy atom. The summed E-state index contributed by atoms with van der Waals surface area (Å²) in [6, 6.07) is 8.60. The van der Waals surface area contributed by atoms with Crippen LogP contribution in [0.1, 0.15) is 23.3 Å². The molecule has 144 valence electrons. The second-order valence-corrected chi connectivity index (χ2v) is 8.42. The van der Waals surface area contributed by atoms with Crippen molar-refractivity contribution in [3.8, 4) is 5.88 Å². The maximum Gasteiger partial charge on any atom is 0.272 e. The molecule has 0 aliphatic carbocycles. The Bertz CT molecular complexity index is 879. The lowest BCUT2D eigenvalue weighted by atomic mass is 10.1. The van der Waals surface area contributed by atoms with E-state index in [1.54, 1.807) is 41.4 Å². The molecular weight excluding hydrogens is 368 g/mol. The Morgan fingerprint density at radius 1 is 1.19 bits per heavy atom. The van der Waals surface area contributed by atoms with Gasteiger partial charge in [-0.1, -0.05) is 6.07 Å². The van der Waals surface area contributed by atoms with Crippen LogP contribution in [-0.2, 0) is 10.0 Å². The van der Waals surface area contributed by atoms with Crippen LogP contribution in [0.3, 0.4) is 0 Å². The van der Waals surface area contributed by atoms with Gasteiger partial charge in [-0.2, -0.15) is 0 Å². The van der Waals surface area contributed by atoms with E-state index in [0.29, 0.717) is 43.2 Å². The molecule has 3 rings (SSSR count). The van der Waals surface area contributed by atoms with E-state index in [9.17, 15) is 13.2 Å². The van der Waals surface area contributed by atoms with E-state index in [2.05, 4.69) is 9.97 Å². The number of rotatable bonds is 5. The number of amides is 1. The second-order valence-electron chi connectivity index (χ2n) is 6.41. The summed E-state index contributed by atoms with van der Waals surface area (Å²) in [5.41, 5.74) is 0.921. The summed E-state index contributed by atoms with van der Waals surface area (Å²) in [5, 5.41) is 0. The number of likely N-dealkylation sites (tertiary alicyclic amines) is 1. The Balaban J connectivity index is 1.54. The van der Waals surface area contributed by atoms with Crippen LogP contribution < -0.4 is 9.04 Å². The van der Waals surface area contributed by atoms with Crippen molar-refractivity contribution in [1.29, 1.82) is 0 Å². The molecule has 1 aliphatic rings. The first-order valence-electron chi connectivity index (χ1n) is 8.61. The molecule has 2 aromatic rings. The van der Waals surface area contributed by atoms with Crippen molar-refractivity contribution in [3.05, 3.63) is 48.4 Å². The summed E-state index contributed by atoms with van der Waals surface area (Å²) in [7, 11) is -1.85. The molecule has 1 amide bonds. The van der Waals surface area contributed by atoms with Crippen LogP contribution in [0.5, 0.6) is 5.88 Å². The molecule has 0 saturated carbocycles. The number of nitrogens with zero attached hydrogens (tertiary/aromatic N) is 4. The fraction of sp³-hybridized carbons (Fsp3) is 0.389. The predicted molar refractivity (Wildman–Crippen MR) is 101 cm³/mol. The number of hydrogen-bond acceptors (Lipinski definition) is 6. The van der Waals surface area contributed by atoms with Crippen molar-refractivity contribution in [2.45, 2.75) is 18.9 Å². The SMILES string of the molecule is CN(c1ccc(OC2CCN(C(=O)c3ccccn3)CC2)nc1)S(C)(=O)=O. The highest BCUT2D eigenvalue weighted by Gasteiger charge is 2.25. The molecule has 1 aliphatic heterocycles. The van der Waals surface area contributed by atoms with E-state index in [1.165, 1.54) is 13.2 Å². The smallest absolute Gasteiger partial charge is 0.272 e. The molecule has 9 heteroatoms. The van der Waals surface area contributed by atoms with Gasteiger partial charge >= 0.3 is 0 Å². The summed E-state index contributed by atoms with van der Waals surface area (Å²) in [6.45, 7) is 1.18. The normalized spacial score (nSPS) is 15.4. The maximum atomic E-state index is 12.4. The van der Waals surface area contributed by atoms with E-state index in [-0.39, 0.29) is 12.0 Å². The van der Waals surface area contributed by atoms with Gasteiger partial charge in [0.2, 0.25) is 15.9 Å². The summed E-state index contributed by atoms with van der Waals surface area (Å²) in [4.78, 5) is 22.5. The third-order valence-electron chi connectivity index (χ3n) is 4.48. The van der Waals surface area contributed by atoms with E-state index in [0.717, 1.165) is 10.6 Å². The number of carbonyl (C=O) groups is 1. The Morgan fingerprint density at radius 3 is 2.48 bits per heavy atom. The molecule has 1 fully saturated rings. The van der Waals surface area contributed by atoms with Gasteiger partial charge in [-0.25, -0.2) is 13.4 Å². The van der Waals surface area contributed by atoms with Crippen LogP contribution >= 0.6 is 0 Å². The number of aromatic nitrogens is 2. The lowest BCUT2D eigenvalue weighted by Gasteiger charge is -2.31. The molecule has 0 aromatic carbocycles. The highest BCUT2D eigenvalue weighted by molar-refractivity contribution is 7.92. The zero-order chi connectivity index (χ0) is 19.4. The number of hydrogen-bond donors (Lipinski definition) is 0. The van der Waals surface area contributed by atoms with E-state index in [1.807, 2.05) is 0 Å². The molecule has 0 spiro atoms. The lowest BCUT2D eigenvalue weighted by Crippen LogP contribution is -2.42. The monoisotopic (exact) mass is 390 g/mol.